The summed E-state index contributed by atoms with van der Waals surface area (Å²) in [6, 6.07) is 24.2. The molecule has 2 aromatic carbocycles. The molecule has 0 aliphatic rings. The van der Waals surface area contributed by atoms with E-state index >= 15 is 0 Å². The van der Waals surface area contributed by atoms with E-state index < -0.39 is 0 Å². The van der Waals surface area contributed by atoms with Gasteiger partial charge in [0.15, 0.2) is 0 Å². The molecule has 0 amide bonds. The predicted octanol–water partition coefficient (Wildman–Crippen LogP) is 7.61. The van der Waals surface area contributed by atoms with Gasteiger partial charge in [-0.3, -0.25) is 0 Å². The summed E-state index contributed by atoms with van der Waals surface area (Å²) >= 11 is 5.53. The van der Waals surface area contributed by atoms with E-state index in [-0.39, 0.29) is 0 Å². The summed E-state index contributed by atoms with van der Waals surface area (Å²) in [5.41, 5.74) is 5.78. The van der Waals surface area contributed by atoms with Crippen molar-refractivity contribution in [1.29, 1.82) is 10.5 Å². The second kappa shape index (κ2) is 9.53. The van der Waals surface area contributed by atoms with Crippen molar-refractivity contribution in [1.82, 2.24) is 17.5 Å². The Labute approximate surface area is 222 Å². The van der Waals surface area contributed by atoms with Gasteiger partial charge in [0, 0.05) is 30.6 Å². The number of hydrogen-bond acceptors (Lipinski definition) is 10. The average molecular weight is 537 g/mol. The van der Waals surface area contributed by atoms with Gasteiger partial charge in [-0.2, -0.15) is 28.0 Å². The molecule has 0 radical (unpaired) electrons. The van der Waals surface area contributed by atoms with Crippen LogP contribution in [0.5, 0.6) is 0 Å². The molecular weight excluding hydrogens is 525 g/mol. The zero-order chi connectivity index (χ0) is 24.5. The molecule has 0 spiro atoms. The Hall–Kier alpha value is -4.06. The lowest BCUT2D eigenvalue weighted by atomic mass is 10.0. The fraction of sp³-hybridized carbons (Fsp3) is 0. The maximum absolute atomic E-state index is 9.82. The third-order valence-corrected chi connectivity index (χ3v) is 8.81. The van der Waals surface area contributed by atoms with Crippen molar-refractivity contribution in [3.63, 3.8) is 0 Å². The smallest absolute Gasteiger partial charge is 0.113 e. The Morgan fingerprint density at radius 3 is 1.53 bits per heavy atom. The maximum Gasteiger partial charge on any atom is 0.113 e. The van der Waals surface area contributed by atoms with Crippen molar-refractivity contribution < 1.29 is 0 Å². The minimum atomic E-state index is 0.556. The average Bonchev–Trinajstić information content (AvgIpc) is 3.72. The van der Waals surface area contributed by atoms with E-state index in [2.05, 4.69) is 41.8 Å². The fourth-order valence-electron chi connectivity index (χ4n) is 3.80. The second-order valence-corrected chi connectivity index (χ2v) is 10.9. The van der Waals surface area contributed by atoms with E-state index in [4.69, 9.17) is 0 Å². The SMILES string of the molecule is N#CC(=Cc1ccc(-c2ccc(C=C(C#N)c3cccc4nsnc34)s2)s1)c1cccc2nsnc12. The summed E-state index contributed by atoms with van der Waals surface area (Å²) in [5, 5.41) is 19.6. The van der Waals surface area contributed by atoms with Crippen LogP contribution in [0, 0.1) is 22.7 Å². The van der Waals surface area contributed by atoms with E-state index in [0.29, 0.717) is 11.1 Å². The first kappa shape index (κ1) is 22.4. The third kappa shape index (κ3) is 4.13. The Bertz CT molecular complexity index is 1750. The number of thiophene rings is 2. The van der Waals surface area contributed by atoms with Gasteiger partial charge in [-0.1, -0.05) is 24.3 Å². The number of fused-ring (bicyclic) bond motifs is 2. The predicted molar refractivity (Wildman–Crippen MR) is 149 cm³/mol. The molecule has 0 bridgehead atoms. The minimum absolute atomic E-state index is 0.556. The van der Waals surface area contributed by atoms with Crippen molar-refractivity contribution in [2.24, 2.45) is 0 Å². The highest BCUT2D eigenvalue weighted by atomic mass is 32.1. The van der Waals surface area contributed by atoms with Gasteiger partial charge in [0.2, 0.25) is 0 Å². The van der Waals surface area contributed by atoms with Crippen molar-refractivity contribution in [3.05, 3.63) is 81.5 Å². The van der Waals surface area contributed by atoms with Crippen LogP contribution in [0.4, 0.5) is 0 Å². The molecule has 0 saturated carbocycles. The van der Waals surface area contributed by atoms with Crippen LogP contribution >= 0.6 is 46.1 Å². The third-order valence-electron chi connectivity index (χ3n) is 5.46. The van der Waals surface area contributed by atoms with Crippen LogP contribution in [0.1, 0.15) is 20.9 Å². The monoisotopic (exact) mass is 536 g/mol. The van der Waals surface area contributed by atoms with Crippen LogP contribution in [0.15, 0.2) is 60.7 Å². The van der Waals surface area contributed by atoms with Crippen LogP contribution in [0.25, 0.3) is 55.1 Å². The molecule has 0 unspecified atom stereocenters. The van der Waals surface area contributed by atoms with Crippen molar-refractivity contribution in [2.45, 2.75) is 0 Å². The van der Waals surface area contributed by atoms with Crippen LogP contribution in [0.3, 0.4) is 0 Å². The van der Waals surface area contributed by atoms with Gasteiger partial charge in [0.1, 0.15) is 22.1 Å². The number of nitrogens with zero attached hydrogens (tertiary/aromatic N) is 6. The van der Waals surface area contributed by atoms with Crippen LogP contribution in [0.2, 0.25) is 0 Å². The summed E-state index contributed by atoms with van der Waals surface area (Å²) in [5.74, 6) is 0. The van der Waals surface area contributed by atoms with Gasteiger partial charge in [-0.15, -0.1) is 22.7 Å². The van der Waals surface area contributed by atoms with Gasteiger partial charge in [0.25, 0.3) is 0 Å². The van der Waals surface area contributed by atoms with Gasteiger partial charge in [0.05, 0.1) is 46.7 Å². The minimum Gasteiger partial charge on any atom is -0.192 e. The van der Waals surface area contributed by atoms with E-state index in [1.807, 2.05) is 60.7 Å². The van der Waals surface area contributed by atoms with Gasteiger partial charge in [-0.05, 0) is 48.6 Å². The topological polar surface area (TPSA) is 99.1 Å². The largest absolute Gasteiger partial charge is 0.192 e. The highest BCUT2D eigenvalue weighted by molar-refractivity contribution is 7.23. The summed E-state index contributed by atoms with van der Waals surface area (Å²) in [6.45, 7) is 0. The molecule has 0 atom stereocenters. The molecule has 6 aromatic rings. The molecule has 36 heavy (non-hydrogen) atoms. The van der Waals surface area contributed by atoms with Gasteiger partial charge in [-0.25, -0.2) is 0 Å². The summed E-state index contributed by atoms with van der Waals surface area (Å²) in [4.78, 5) is 4.15. The van der Waals surface area contributed by atoms with Crippen LogP contribution < -0.4 is 0 Å². The zero-order valence-corrected chi connectivity index (χ0v) is 21.5. The number of hydrogen-bond donors (Lipinski definition) is 0. The maximum atomic E-state index is 9.82. The highest BCUT2D eigenvalue weighted by Crippen LogP contribution is 2.37. The molecule has 0 saturated heterocycles. The summed E-state index contributed by atoms with van der Waals surface area (Å²) in [6.07, 6.45) is 3.79. The normalized spacial score (nSPS) is 12.2. The molecule has 0 aliphatic carbocycles. The number of allylic oxidation sites excluding steroid dienone is 2. The molecule has 10 heteroatoms. The zero-order valence-electron chi connectivity index (χ0n) is 18.2. The summed E-state index contributed by atoms with van der Waals surface area (Å²) in [7, 11) is 0. The lowest BCUT2D eigenvalue weighted by molar-refractivity contribution is 1.52. The van der Waals surface area contributed by atoms with Crippen molar-refractivity contribution in [2.75, 3.05) is 0 Å². The molecule has 6 rings (SSSR count). The van der Waals surface area contributed by atoms with Crippen LogP contribution in [-0.2, 0) is 0 Å². The Kier molecular flexibility index (Phi) is 5.93. The molecule has 4 heterocycles. The Morgan fingerprint density at radius 2 is 1.08 bits per heavy atom. The van der Waals surface area contributed by atoms with Gasteiger partial charge >= 0.3 is 0 Å². The standard InChI is InChI=1S/C26H12N6S4/c27-13-15(19-3-1-5-21-25(19)31-35-29-21)11-17-7-9-23(33-17)24-10-8-18(34-24)12-16(14-28)20-4-2-6-22-26(20)32-36-30-22/h1-12H. The number of nitriles is 2. The van der Waals surface area contributed by atoms with E-state index in [9.17, 15) is 10.5 Å². The second-order valence-electron chi connectivity index (χ2n) is 7.62. The number of rotatable bonds is 5. The van der Waals surface area contributed by atoms with Gasteiger partial charge < -0.3 is 0 Å². The van der Waals surface area contributed by atoms with E-state index in [1.165, 1.54) is 0 Å². The van der Waals surface area contributed by atoms with E-state index in [0.717, 1.165) is 76.2 Å². The molecule has 0 N–H and O–H groups in total. The lowest BCUT2D eigenvalue weighted by Crippen LogP contribution is -1.84. The highest BCUT2D eigenvalue weighted by Gasteiger charge is 2.13. The first-order chi connectivity index (χ1) is 17.7. The van der Waals surface area contributed by atoms with Crippen LogP contribution in [-0.4, -0.2) is 17.5 Å². The number of aromatic nitrogens is 4. The molecule has 0 aliphatic heterocycles. The molecule has 6 nitrogen and oxygen atoms in total. The van der Waals surface area contributed by atoms with Crippen molar-refractivity contribution in [3.8, 4) is 21.9 Å². The van der Waals surface area contributed by atoms with Crippen molar-refractivity contribution >= 4 is 91.5 Å². The first-order valence-electron chi connectivity index (χ1n) is 10.6. The molecule has 170 valence electrons. The fourth-order valence-corrected chi connectivity index (χ4v) is 6.89. The Balaban J connectivity index is 1.30. The number of benzene rings is 2. The molecular formula is C26H12N6S4. The molecule has 4 aromatic heterocycles. The molecule has 0 fully saturated rings. The lowest BCUT2D eigenvalue weighted by Gasteiger charge is -1.99. The van der Waals surface area contributed by atoms with E-state index in [1.54, 1.807) is 22.7 Å². The Morgan fingerprint density at radius 1 is 0.611 bits per heavy atom. The first-order valence-corrected chi connectivity index (χ1v) is 13.7. The summed E-state index contributed by atoms with van der Waals surface area (Å²) < 4.78 is 17.3. The quantitative estimate of drug-likeness (QED) is 0.210.